The van der Waals surface area contributed by atoms with Gasteiger partial charge in [-0.2, -0.15) is 0 Å². The first kappa shape index (κ1) is 11.7. The van der Waals surface area contributed by atoms with Crippen molar-refractivity contribution >= 4 is 0 Å². The maximum absolute atomic E-state index is 11.2. The zero-order valence-electron chi connectivity index (χ0n) is 8.47. The fraction of sp³-hybridized carbons (Fsp3) is 0.556. The number of aryl methyl sites for hydroxylation is 1. The second-order valence-corrected chi connectivity index (χ2v) is 3.13. The molecule has 6 nitrogen and oxygen atoms in total. The molecule has 0 aliphatic rings. The Labute approximate surface area is 86.1 Å². The highest BCUT2D eigenvalue weighted by Crippen LogP contribution is 1.97. The van der Waals surface area contributed by atoms with E-state index in [9.17, 15) is 9.59 Å². The number of hydrogen-bond donors (Lipinski definition) is 2. The number of nitrogens with zero attached hydrogens (tertiary/aromatic N) is 1. The molecule has 0 radical (unpaired) electrons. The van der Waals surface area contributed by atoms with E-state index < -0.39 is 11.2 Å². The first-order valence-electron chi connectivity index (χ1n) is 4.60. The van der Waals surface area contributed by atoms with Crippen molar-refractivity contribution in [2.75, 3.05) is 13.7 Å². The molecule has 0 bridgehead atoms. The van der Waals surface area contributed by atoms with Crippen LogP contribution in [0, 0.1) is 0 Å². The van der Waals surface area contributed by atoms with Crippen LogP contribution in [-0.2, 0) is 11.3 Å². The Hall–Kier alpha value is -1.40. The van der Waals surface area contributed by atoms with E-state index in [-0.39, 0.29) is 12.7 Å². The van der Waals surface area contributed by atoms with Gasteiger partial charge in [0.15, 0.2) is 0 Å². The number of rotatable bonds is 5. The molecule has 0 fully saturated rings. The highest BCUT2D eigenvalue weighted by Gasteiger charge is 2.05. The lowest BCUT2D eigenvalue weighted by atomic mass is 10.2. The van der Waals surface area contributed by atoms with Crippen molar-refractivity contribution in [1.82, 2.24) is 9.55 Å². The highest BCUT2D eigenvalue weighted by molar-refractivity contribution is 4.82. The van der Waals surface area contributed by atoms with Crippen LogP contribution in [0.5, 0.6) is 0 Å². The van der Waals surface area contributed by atoms with Crippen molar-refractivity contribution in [2.45, 2.75) is 19.1 Å². The van der Waals surface area contributed by atoms with Gasteiger partial charge >= 0.3 is 5.69 Å². The number of hydrogen-bond acceptors (Lipinski definition) is 4. The fourth-order valence-electron chi connectivity index (χ4n) is 1.19. The zero-order valence-corrected chi connectivity index (χ0v) is 8.47. The molecular weight excluding hydrogens is 200 g/mol. The van der Waals surface area contributed by atoms with Crippen LogP contribution in [-0.4, -0.2) is 34.5 Å². The number of aliphatic hydroxyl groups excluding tert-OH is 1. The Morgan fingerprint density at radius 2 is 2.33 bits per heavy atom. The van der Waals surface area contributed by atoms with Crippen LogP contribution in [0.15, 0.2) is 21.9 Å². The maximum Gasteiger partial charge on any atom is 0.328 e. The monoisotopic (exact) mass is 214 g/mol. The van der Waals surface area contributed by atoms with E-state index in [4.69, 9.17) is 9.84 Å². The second kappa shape index (κ2) is 5.47. The fourth-order valence-corrected chi connectivity index (χ4v) is 1.19. The first-order chi connectivity index (χ1) is 7.17. The molecule has 0 saturated heterocycles. The van der Waals surface area contributed by atoms with E-state index >= 15 is 0 Å². The third kappa shape index (κ3) is 3.34. The van der Waals surface area contributed by atoms with Crippen LogP contribution >= 0.6 is 0 Å². The van der Waals surface area contributed by atoms with E-state index in [0.717, 1.165) is 0 Å². The number of aromatic nitrogens is 2. The quantitative estimate of drug-likeness (QED) is 0.654. The molecule has 1 rings (SSSR count). The summed E-state index contributed by atoms with van der Waals surface area (Å²) in [5.41, 5.74) is -0.864. The number of methoxy groups -OCH3 is 1. The average molecular weight is 214 g/mol. The van der Waals surface area contributed by atoms with Gasteiger partial charge in [-0.25, -0.2) is 4.79 Å². The SMILES string of the molecule is CO[C@H](CO)CCn1ccc(=O)[nH]c1=O. The molecule has 1 aromatic rings. The van der Waals surface area contributed by atoms with Gasteiger partial charge in [-0.1, -0.05) is 0 Å². The van der Waals surface area contributed by atoms with E-state index in [0.29, 0.717) is 13.0 Å². The number of ether oxygens (including phenoxy) is 1. The largest absolute Gasteiger partial charge is 0.394 e. The molecule has 2 N–H and O–H groups in total. The number of aromatic amines is 1. The smallest absolute Gasteiger partial charge is 0.328 e. The summed E-state index contributed by atoms with van der Waals surface area (Å²) < 4.78 is 6.31. The molecular formula is C9H14N2O4. The molecule has 0 aliphatic carbocycles. The van der Waals surface area contributed by atoms with Gasteiger partial charge in [-0.15, -0.1) is 0 Å². The minimum Gasteiger partial charge on any atom is -0.394 e. The van der Waals surface area contributed by atoms with Gasteiger partial charge in [0.2, 0.25) is 0 Å². The average Bonchev–Trinajstić information content (AvgIpc) is 2.22. The Balaban J connectivity index is 2.65. The molecule has 1 aromatic heterocycles. The molecule has 0 saturated carbocycles. The standard InChI is InChI=1S/C9H14N2O4/c1-15-7(6-12)2-4-11-5-3-8(13)10-9(11)14/h3,5,7,12H,2,4,6H2,1H3,(H,10,13,14)/t7-/m0/s1. The van der Waals surface area contributed by atoms with Gasteiger partial charge in [0.1, 0.15) is 0 Å². The summed E-state index contributed by atoms with van der Waals surface area (Å²) in [6.45, 7) is 0.309. The van der Waals surface area contributed by atoms with Crippen LogP contribution < -0.4 is 11.2 Å². The minimum absolute atomic E-state index is 0.0887. The molecule has 1 atom stereocenters. The summed E-state index contributed by atoms with van der Waals surface area (Å²) in [6.07, 6.45) is 1.65. The van der Waals surface area contributed by atoms with E-state index in [1.54, 1.807) is 0 Å². The number of aliphatic hydroxyl groups is 1. The Kier molecular flexibility index (Phi) is 4.26. The summed E-state index contributed by atoms with van der Waals surface area (Å²) in [7, 11) is 1.50. The van der Waals surface area contributed by atoms with Crippen LogP contribution in [0.25, 0.3) is 0 Å². The summed E-state index contributed by atoms with van der Waals surface area (Å²) >= 11 is 0. The lowest BCUT2D eigenvalue weighted by molar-refractivity contribution is 0.0401. The van der Waals surface area contributed by atoms with Gasteiger partial charge in [0.05, 0.1) is 12.7 Å². The summed E-state index contributed by atoms with van der Waals surface area (Å²) in [5.74, 6) is 0. The Bertz CT molecular complexity index is 405. The molecule has 0 unspecified atom stereocenters. The molecule has 0 aromatic carbocycles. The molecule has 0 spiro atoms. The van der Waals surface area contributed by atoms with Crippen molar-refractivity contribution in [3.8, 4) is 0 Å². The van der Waals surface area contributed by atoms with Crippen molar-refractivity contribution in [2.24, 2.45) is 0 Å². The van der Waals surface area contributed by atoms with Gasteiger partial charge < -0.3 is 14.4 Å². The zero-order chi connectivity index (χ0) is 11.3. The normalized spacial score (nSPS) is 12.7. The van der Waals surface area contributed by atoms with Gasteiger partial charge in [0.25, 0.3) is 5.56 Å². The molecule has 0 aliphatic heterocycles. The van der Waals surface area contributed by atoms with E-state index in [1.165, 1.54) is 23.9 Å². The Morgan fingerprint density at radius 3 is 2.87 bits per heavy atom. The van der Waals surface area contributed by atoms with Crippen LogP contribution in [0.2, 0.25) is 0 Å². The van der Waals surface area contributed by atoms with E-state index in [1.807, 2.05) is 0 Å². The molecule has 6 heteroatoms. The predicted octanol–water partition coefficient (Wildman–Crippen LogP) is -1.07. The van der Waals surface area contributed by atoms with Gasteiger partial charge in [-0.05, 0) is 6.42 Å². The Morgan fingerprint density at radius 1 is 1.60 bits per heavy atom. The lowest BCUT2D eigenvalue weighted by Gasteiger charge is -2.12. The van der Waals surface area contributed by atoms with E-state index in [2.05, 4.69) is 4.98 Å². The molecule has 84 valence electrons. The molecule has 15 heavy (non-hydrogen) atoms. The number of H-pyrrole nitrogens is 1. The third-order valence-corrected chi connectivity index (χ3v) is 2.13. The topological polar surface area (TPSA) is 84.3 Å². The first-order valence-corrected chi connectivity index (χ1v) is 4.60. The molecule has 1 heterocycles. The second-order valence-electron chi connectivity index (χ2n) is 3.13. The highest BCUT2D eigenvalue weighted by atomic mass is 16.5. The van der Waals surface area contributed by atoms with Gasteiger partial charge in [-0.3, -0.25) is 9.78 Å². The van der Waals surface area contributed by atoms with Gasteiger partial charge in [0, 0.05) is 25.9 Å². The summed E-state index contributed by atoms with van der Waals surface area (Å²) in [4.78, 5) is 24.1. The maximum atomic E-state index is 11.2. The van der Waals surface area contributed by atoms with Crippen molar-refractivity contribution in [3.05, 3.63) is 33.1 Å². The van der Waals surface area contributed by atoms with Crippen molar-refractivity contribution in [3.63, 3.8) is 0 Å². The van der Waals surface area contributed by atoms with Crippen molar-refractivity contribution in [1.29, 1.82) is 0 Å². The summed E-state index contributed by atoms with van der Waals surface area (Å²) in [5, 5.41) is 8.85. The van der Waals surface area contributed by atoms with Crippen LogP contribution in [0.3, 0.4) is 0 Å². The predicted molar refractivity (Wildman–Crippen MR) is 53.8 cm³/mol. The third-order valence-electron chi connectivity index (χ3n) is 2.13. The minimum atomic E-state index is -0.449. The number of nitrogens with one attached hydrogen (secondary N) is 1. The van der Waals surface area contributed by atoms with Crippen LogP contribution in [0.1, 0.15) is 6.42 Å². The lowest BCUT2D eigenvalue weighted by Crippen LogP contribution is -2.30. The van der Waals surface area contributed by atoms with Crippen LogP contribution in [0.4, 0.5) is 0 Å². The van der Waals surface area contributed by atoms with Crippen molar-refractivity contribution < 1.29 is 9.84 Å². The summed E-state index contributed by atoms with van der Waals surface area (Å²) in [6, 6.07) is 1.28. The molecule has 0 amide bonds.